The van der Waals surface area contributed by atoms with E-state index >= 15 is 0 Å². The molecule has 28 heavy (non-hydrogen) atoms. The Morgan fingerprint density at radius 1 is 1.04 bits per heavy atom. The van der Waals surface area contributed by atoms with Crippen LogP contribution in [0.15, 0.2) is 60.7 Å². The Kier molecular flexibility index (Phi) is 6.59. The van der Waals surface area contributed by atoms with E-state index in [0.717, 1.165) is 32.2 Å². The van der Waals surface area contributed by atoms with Crippen molar-refractivity contribution in [3.63, 3.8) is 0 Å². The van der Waals surface area contributed by atoms with Crippen LogP contribution >= 0.6 is 0 Å². The third kappa shape index (κ3) is 4.48. The van der Waals surface area contributed by atoms with Gasteiger partial charge >= 0.3 is 0 Å². The predicted molar refractivity (Wildman–Crippen MR) is 119 cm³/mol. The monoisotopic (exact) mass is 379 g/mol. The van der Waals surface area contributed by atoms with Gasteiger partial charge in [-0.05, 0) is 77.2 Å². The Bertz CT molecular complexity index is 726. The summed E-state index contributed by atoms with van der Waals surface area (Å²) in [5, 5.41) is 3.77. The number of nitrogens with two attached hydrogens (primary N) is 1. The third-order valence-corrected chi connectivity index (χ3v) is 6.84. The SMILES string of the molecule is CN(C)[C@]1(c2ccccc2)CC[C@H](N)C(CCNC(C)(C)c2ccccc2)C1. The molecular weight excluding hydrogens is 342 g/mol. The van der Waals surface area contributed by atoms with Crippen LogP contribution < -0.4 is 11.1 Å². The first-order chi connectivity index (χ1) is 13.3. The molecule has 3 heteroatoms. The number of hydrogen-bond acceptors (Lipinski definition) is 3. The fourth-order valence-corrected chi connectivity index (χ4v) is 4.85. The second-order valence-electron chi connectivity index (χ2n) is 9.17. The first-order valence-corrected chi connectivity index (χ1v) is 10.6. The molecule has 3 N–H and O–H groups in total. The average Bonchev–Trinajstić information content (AvgIpc) is 2.70. The second kappa shape index (κ2) is 8.77. The molecular formula is C25H37N3. The van der Waals surface area contributed by atoms with Gasteiger partial charge < -0.3 is 11.1 Å². The summed E-state index contributed by atoms with van der Waals surface area (Å²) in [6.45, 7) is 5.51. The van der Waals surface area contributed by atoms with Gasteiger partial charge in [0.1, 0.15) is 0 Å². The summed E-state index contributed by atoms with van der Waals surface area (Å²) in [4.78, 5) is 2.42. The van der Waals surface area contributed by atoms with Crippen molar-refractivity contribution in [3.8, 4) is 0 Å². The summed E-state index contributed by atoms with van der Waals surface area (Å²) in [6.07, 6.45) is 4.45. The van der Waals surface area contributed by atoms with Crippen LogP contribution in [0.1, 0.15) is 50.7 Å². The molecule has 1 fully saturated rings. The zero-order chi connectivity index (χ0) is 20.2. The van der Waals surface area contributed by atoms with E-state index in [1.807, 2.05) is 0 Å². The minimum absolute atomic E-state index is 0.0297. The smallest absolute Gasteiger partial charge is 0.0458 e. The van der Waals surface area contributed by atoms with Gasteiger partial charge in [0, 0.05) is 17.1 Å². The highest BCUT2D eigenvalue weighted by Crippen LogP contribution is 2.44. The van der Waals surface area contributed by atoms with Crippen molar-refractivity contribution in [2.45, 2.75) is 56.7 Å². The van der Waals surface area contributed by atoms with Crippen molar-refractivity contribution in [3.05, 3.63) is 71.8 Å². The van der Waals surface area contributed by atoms with Gasteiger partial charge in [0.05, 0.1) is 0 Å². The van der Waals surface area contributed by atoms with E-state index < -0.39 is 0 Å². The van der Waals surface area contributed by atoms with Crippen LogP contribution in [-0.2, 0) is 11.1 Å². The molecule has 3 rings (SSSR count). The van der Waals surface area contributed by atoms with Crippen LogP contribution in [0.4, 0.5) is 0 Å². The van der Waals surface area contributed by atoms with Crippen LogP contribution in [0.25, 0.3) is 0 Å². The second-order valence-corrected chi connectivity index (χ2v) is 9.17. The van der Waals surface area contributed by atoms with Crippen molar-refractivity contribution < 1.29 is 0 Å². The lowest BCUT2D eigenvalue weighted by molar-refractivity contribution is 0.0553. The summed E-state index contributed by atoms with van der Waals surface area (Å²) >= 11 is 0. The molecule has 0 saturated heterocycles. The predicted octanol–water partition coefficient (Wildman–Crippen LogP) is 4.49. The van der Waals surface area contributed by atoms with Crippen molar-refractivity contribution in [2.24, 2.45) is 11.7 Å². The minimum atomic E-state index is -0.0297. The molecule has 0 heterocycles. The molecule has 0 spiro atoms. The zero-order valence-corrected chi connectivity index (χ0v) is 18.0. The van der Waals surface area contributed by atoms with Crippen molar-refractivity contribution in [1.29, 1.82) is 0 Å². The van der Waals surface area contributed by atoms with Gasteiger partial charge in [-0.3, -0.25) is 4.90 Å². The number of hydrogen-bond donors (Lipinski definition) is 2. The Balaban J connectivity index is 1.68. The van der Waals surface area contributed by atoms with Crippen LogP contribution in [0.3, 0.4) is 0 Å². The van der Waals surface area contributed by atoms with E-state index in [2.05, 4.69) is 98.8 Å². The van der Waals surface area contributed by atoms with Gasteiger partial charge in [-0.25, -0.2) is 0 Å². The Hall–Kier alpha value is -1.68. The van der Waals surface area contributed by atoms with Crippen molar-refractivity contribution in [1.82, 2.24) is 10.2 Å². The standard InChI is InChI=1S/C25H37N3/c1-24(2,21-11-7-5-8-12-21)27-18-16-20-19-25(28(3)4,17-15-23(20)26)22-13-9-6-10-14-22/h5-14,20,23,27H,15-19,26H2,1-4H3/t20?,23-,25+/m0/s1. The van der Waals surface area contributed by atoms with Crippen LogP contribution in [-0.4, -0.2) is 31.6 Å². The lowest BCUT2D eigenvalue weighted by Gasteiger charge is -2.48. The molecule has 3 nitrogen and oxygen atoms in total. The van der Waals surface area contributed by atoms with E-state index in [1.165, 1.54) is 11.1 Å². The summed E-state index contributed by atoms with van der Waals surface area (Å²) in [7, 11) is 4.44. The first-order valence-electron chi connectivity index (χ1n) is 10.6. The van der Waals surface area contributed by atoms with E-state index in [0.29, 0.717) is 12.0 Å². The fraction of sp³-hybridized carbons (Fsp3) is 0.520. The lowest BCUT2D eigenvalue weighted by Crippen LogP contribution is -2.51. The Morgan fingerprint density at radius 2 is 1.64 bits per heavy atom. The molecule has 2 aromatic rings. The molecule has 152 valence electrons. The van der Waals surface area contributed by atoms with Gasteiger partial charge in [-0.1, -0.05) is 60.7 Å². The van der Waals surface area contributed by atoms with Gasteiger partial charge in [0.25, 0.3) is 0 Å². The first kappa shape index (κ1) is 21.0. The molecule has 0 amide bonds. The van der Waals surface area contributed by atoms with Crippen molar-refractivity contribution in [2.75, 3.05) is 20.6 Å². The van der Waals surface area contributed by atoms with E-state index in [9.17, 15) is 0 Å². The zero-order valence-electron chi connectivity index (χ0n) is 18.0. The number of nitrogens with zero attached hydrogens (tertiary/aromatic N) is 1. The maximum absolute atomic E-state index is 6.59. The highest BCUT2D eigenvalue weighted by Gasteiger charge is 2.42. The van der Waals surface area contributed by atoms with E-state index in [4.69, 9.17) is 5.73 Å². The molecule has 0 aromatic heterocycles. The quantitative estimate of drug-likeness (QED) is 0.745. The van der Waals surface area contributed by atoms with E-state index in [-0.39, 0.29) is 11.1 Å². The third-order valence-electron chi connectivity index (χ3n) is 6.84. The maximum Gasteiger partial charge on any atom is 0.0458 e. The summed E-state index contributed by atoms with van der Waals surface area (Å²) < 4.78 is 0. The highest BCUT2D eigenvalue weighted by molar-refractivity contribution is 5.26. The van der Waals surface area contributed by atoms with Gasteiger partial charge in [0.15, 0.2) is 0 Å². The van der Waals surface area contributed by atoms with Crippen LogP contribution in [0, 0.1) is 5.92 Å². The molecule has 0 radical (unpaired) electrons. The maximum atomic E-state index is 6.59. The normalized spacial score (nSPS) is 25.8. The Labute approximate surface area is 171 Å². The largest absolute Gasteiger partial charge is 0.327 e. The van der Waals surface area contributed by atoms with Gasteiger partial charge in [-0.2, -0.15) is 0 Å². The number of rotatable bonds is 7. The molecule has 0 bridgehead atoms. The van der Waals surface area contributed by atoms with Crippen molar-refractivity contribution >= 4 is 0 Å². The molecule has 3 atom stereocenters. The van der Waals surface area contributed by atoms with Gasteiger partial charge in [-0.15, -0.1) is 0 Å². The molecule has 1 aliphatic carbocycles. The summed E-state index contributed by atoms with van der Waals surface area (Å²) in [5.41, 5.74) is 9.41. The average molecular weight is 380 g/mol. The molecule has 0 aliphatic heterocycles. The molecule has 2 aromatic carbocycles. The molecule has 1 unspecified atom stereocenters. The summed E-state index contributed by atoms with van der Waals surface area (Å²) in [5.74, 6) is 0.524. The number of nitrogens with one attached hydrogen (secondary N) is 1. The van der Waals surface area contributed by atoms with Crippen LogP contribution in [0.2, 0.25) is 0 Å². The van der Waals surface area contributed by atoms with Gasteiger partial charge in [0.2, 0.25) is 0 Å². The molecule has 1 saturated carbocycles. The highest BCUT2D eigenvalue weighted by atomic mass is 15.1. The van der Waals surface area contributed by atoms with E-state index in [1.54, 1.807) is 0 Å². The molecule has 1 aliphatic rings. The Morgan fingerprint density at radius 3 is 2.25 bits per heavy atom. The number of benzene rings is 2. The summed E-state index contributed by atoms with van der Waals surface area (Å²) in [6, 6.07) is 22.0. The minimum Gasteiger partial charge on any atom is -0.327 e. The van der Waals surface area contributed by atoms with Crippen LogP contribution in [0.5, 0.6) is 0 Å². The lowest BCUT2D eigenvalue weighted by atomic mass is 9.68. The fourth-order valence-electron chi connectivity index (χ4n) is 4.85. The topological polar surface area (TPSA) is 41.3 Å².